The van der Waals surface area contributed by atoms with Gasteiger partial charge >= 0.3 is 5.97 Å². The van der Waals surface area contributed by atoms with Gasteiger partial charge < -0.3 is 15.4 Å². The van der Waals surface area contributed by atoms with Gasteiger partial charge in [-0.2, -0.15) is 0 Å². The molecular weight excluding hydrogens is 280 g/mol. The summed E-state index contributed by atoms with van der Waals surface area (Å²) in [6.07, 6.45) is 8.11. The minimum absolute atomic E-state index is 0.168. The third-order valence-corrected chi connectivity index (χ3v) is 3.54. The third-order valence-electron chi connectivity index (χ3n) is 3.54. The highest BCUT2D eigenvalue weighted by Gasteiger charge is 2.27. The second-order valence-electron chi connectivity index (χ2n) is 4.91. The van der Waals surface area contributed by atoms with E-state index in [0.717, 1.165) is 16.8 Å². The minimum Gasteiger partial charge on any atom is -0.478 e. The van der Waals surface area contributed by atoms with Gasteiger partial charge in [0.05, 0.1) is 23.1 Å². The molecule has 1 unspecified atom stereocenters. The molecule has 6 nitrogen and oxygen atoms in total. The highest BCUT2D eigenvalue weighted by molar-refractivity contribution is 5.94. The van der Waals surface area contributed by atoms with Gasteiger partial charge in [-0.25, -0.2) is 10.2 Å². The number of pyridine rings is 1. The summed E-state index contributed by atoms with van der Waals surface area (Å²) in [6.45, 7) is 0. The van der Waals surface area contributed by atoms with Crippen LogP contribution in [0.5, 0.6) is 0 Å². The van der Waals surface area contributed by atoms with Crippen LogP contribution in [0.15, 0.2) is 36.7 Å². The number of terminal acetylenes is 1. The molecule has 1 aromatic carbocycles. The number of rotatable bonds is 3. The molecular formula is C16H14N4O2. The first-order valence-corrected chi connectivity index (χ1v) is 6.64. The van der Waals surface area contributed by atoms with Gasteiger partial charge in [-0.05, 0) is 24.3 Å². The number of nitrogens with one attached hydrogen (secondary N) is 2. The Morgan fingerprint density at radius 3 is 3.05 bits per heavy atom. The zero-order valence-corrected chi connectivity index (χ0v) is 11.9. The van der Waals surface area contributed by atoms with Gasteiger partial charge in [-0.3, -0.25) is 4.98 Å². The van der Waals surface area contributed by atoms with Crippen molar-refractivity contribution in [3.63, 3.8) is 0 Å². The van der Waals surface area contributed by atoms with Crippen molar-refractivity contribution in [1.82, 2.24) is 10.4 Å². The highest BCUT2D eigenvalue weighted by Crippen LogP contribution is 2.33. The molecule has 0 spiro atoms. The molecule has 22 heavy (non-hydrogen) atoms. The summed E-state index contributed by atoms with van der Waals surface area (Å²) >= 11 is 0. The quantitative estimate of drug-likeness (QED) is 0.750. The molecule has 1 aliphatic rings. The first kappa shape index (κ1) is 13.9. The highest BCUT2D eigenvalue weighted by atomic mass is 16.4. The minimum atomic E-state index is -1.01. The number of carbonyl (C=O) groups is 1. The predicted molar refractivity (Wildman–Crippen MR) is 83.5 cm³/mol. The van der Waals surface area contributed by atoms with Gasteiger partial charge in [0.1, 0.15) is 6.17 Å². The molecule has 3 N–H and O–H groups in total. The van der Waals surface area contributed by atoms with E-state index < -0.39 is 5.97 Å². The van der Waals surface area contributed by atoms with Crippen LogP contribution in [-0.4, -0.2) is 23.1 Å². The molecule has 1 aliphatic heterocycles. The van der Waals surface area contributed by atoms with Crippen LogP contribution in [0, 0.1) is 12.3 Å². The molecule has 0 bridgehead atoms. The molecule has 0 radical (unpaired) electrons. The van der Waals surface area contributed by atoms with E-state index in [1.165, 1.54) is 18.5 Å². The number of hydrogen-bond donors (Lipinski definition) is 3. The SMILES string of the molecule is C#Cc1ccc2c(c1)C(Nc1cnccc1C(=O)O)NN2C. The largest absolute Gasteiger partial charge is 0.478 e. The molecule has 0 saturated heterocycles. The van der Waals surface area contributed by atoms with E-state index in [0.29, 0.717) is 5.69 Å². The number of anilines is 2. The van der Waals surface area contributed by atoms with Gasteiger partial charge in [0.2, 0.25) is 0 Å². The zero-order chi connectivity index (χ0) is 15.7. The van der Waals surface area contributed by atoms with Crippen LogP contribution in [0.3, 0.4) is 0 Å². The number of aromatic nitrogens is 1. The molecule has 0 amide bonds. The number of aromatic carboxylic acids is 1. The van der Waals surface area contributed by atoms with Gasteiger partial charge in [-0.1, -0.05) is 5.92 Å². The molecule has 0 saturated carbocycles. The first-order valence-electron chi connectivity index (χ1n) is 6.64. The molecule has 2 heterocycles. The van der Waals surface area contributed by atoms with Gasteiger partial charge in [0.15, 0.2) is 0 Å². The second-order valence-corrected chi connectivity index (χ2v) is 4.91. The molecule has 110 valence electrons. The van der Waals surface area contributed by atoms with Crippen LogP contribution in [0.2, 0.25) is 0 Å². The summed E-state index contributed by atoms with van der Waals surface area (Å²) in [5.74, 6) is 1.60. The maximum atomic E-state index is 11.3. The summed E-state index contributed by atoms with van der Waals surface area (Å²) in [4.78, 5) is 15.3. The topological polar surface area (TPSA) is 77.5 Å². The maximum absolute atomic E-state index is 11.3. The summed E-state index contributed by atoms with van der Waals surface area (Å²) in [5.41, 5.74) is 6.54. The lowest BCUT2D eigenvalue weighted by Gasteiger charge is -2.18. The monoisotopic (exact) mass is 294 g/mol. The Morgan fingerprint density at radius 1 is 1.50 bits per heavy atom. The van der Waals surface area contributed by atoms with Crippen molar-refractivity contribution in [2.24, 2.45) is 0 Å². The number of hydrogen-bond acceptors (Lipinski definition) is 5. The van der Waals surface area contributed by atoms with Gasteiger partial charge in [0.25, 0.3) is 0 Å². The van der Waals surface area contributed by atoms with Crippen LogP contribution in [0.4, 0.5) is 11.4 Å². The van der Waals surface area contributed by atoms with Crippen LogP contribution < -0.4 is 15.8 Å². The van der Waals surface area contributed by atoms with Crippen LogP contribution in [-0.2, 0) is 0 Å². The lowest BCUT2D eigenvalue weighted by Crippen LogP contribution is -2.34. The normalized spacial score (nSPS) is 16.0. The summed E-state index contributed by atoms with van der Waals surface area (Å²) < 4.78 is 0. The Labute approximate surface area is 127 Å². The third kappa shape index (κ3) is 2.34. The number of hydrazine groups is 1. The van der Waals surface area contributed by atoms with Crippen molar-refractivity contribution >= 4 is 17.3 Å². The smallest absolute Gasteiger partial charge is 0.337 e. The van der Waals surface area contributed by atoms with E-state index >= 15 is 0 Å². The van der Waals surface area contributed by atoms with Crippen molar-refractivity contribution in [3.05, 3.63) is 53.3 Å². The Bertz CT molecular complexity index is 782. The molecule has 6 heteroatoms. The summed E-state index contributed by atoms with van der Waals surface area (Å²) in [7, 11) is 1.89. The number of benzene rings is 1. The Morgan fingerprint density at radius 2 is 2.32 bits per heavy atom. The fourth-order valence-corrected chi connectivity index (χ4v) is 2.48. The zero-order valence-electron chi connectivity index (χ0n) is 11.9. The van der Waals surface area contributed by atoms with Crippen molar-refractivity contribution in [2.45, 2.75) is 6.17 Å². The van der Waals surface area contributed by atoms with E-state index in [1.54, 1.807) is 0 Å². The van der Waals surface area contributed by atoms with E-state index in [1.807, 2.05) is 30.3 Å². The molecule has 0 fully saturated rings. The van der Waals surface area contributed by atoms with E-state index in [9.17, 15) is 9.90 Å². The number of carboxylic acid groups (broad SMARTS) is 1. The summed E-state index contributed by atoms with van der Waals surface area (Å²) in [5, 5.41) is 14.3. The predicted octanol–water partition coefficient (Wildman–Crippen LogP) is 1.83. The van der Waals surface area contributed by atoms with Crippen molar-refractivity contribution in [1.29, 1.82) is 0 Å². The lowest BCUT2D eigenvalue weighted by atomic mass is 10.1. The van der Waals surface area contributed by atoms with Crippen LogP contribution in [0.25, 0.3) is 0 Å². The van der Waals surface area contributed by atoms with Crippen LogP contribution in [0.1, 0.15) is 27.7 Å². The Kier molecular flexibility index (Phi) is 3.41. The molecule has 1 aromatic heterocycles. The van der Waals surface area contributed by atoms with Crippen molar-refractivity contribution in [2.75, 3.05) is 17.4 Å². The maximum Gasteiger partial charge on any atom is 0.337 e. The fourth-order valence-electron chi connectivity index (χ4n) is 2.48. The van der Waals surface area contributed by atoms with Crippen molar-refractivity contribution < 1.29 is 9.90 Å². The molecule has 2 aromatic rings. The average molecular weight is 294 g/mol. The lowest BCUT2D eigenvalue weighted by molar-refractivity contribution is 0.0697. The van der Waals surface area contributed by atoms with Crippen LogP contribution >= 0.6 is 0 Å². The van der Waals surface area contributed by atoms with E-state index in [4.69, 9.17) is 6.42 Å². The first-order chi connectivity index (χ1) is 10.6. The molecule has 1 atom stereocenters. The Hall–Kier alpha value is -3.04. The average Bonchev–Trinajstić information content (AvgIpc) is 2.83. The number of nitrogens with zero attached hydrogens (tertiary/aromatic N) is 2. The van der Waals surface area contributed by atoms with E-state index in [-0.39, 0.29) is 11.7 Å². The summed E-state index contributed by atoms with van der Waals surface area (Å²) in [6, 6.07) is 7.16. The van der Waals surface area contributed by atoms with Gasteiger partial charge in [0, 0.05) is 24.4 Å². The molecule has 0 aliphatic carbocycles. The number of carboxylic acids is 1. The molecule has 3 rings (SSSR count). The van der Waals surface area contributed by atoms with Crippen molar-refractivity contribution in [3.8, 4) is 12.3 Å². The number of fused-ring (bicyclic) bond motifs is 1. The second kappa shape index (κ2) is 5.39. The fraction of sp³-hybridized carbons (Fsp3) is 0.125. The Balaban J connectivity index is 1.96. The standard InChI is InChI=1S/C16H14N4O2/c1-3-10-4-5-14-12(8-10)15(19-20(14)2)18-13-9-17-7-6-11(13)16(21)22/h1,4-9,15,18-19H,2H3,(H,21,22). The van der Waals surface area contributed by atoms with E-state index in [2.05, 4.69) is 21.6 Å². The van der Waals surface area contributed by atoms with Gasteiger partial charge in [-0.15, -0.1) is 6.42 Å².